The Morgan fingerprint density at radius 2 is 1.81 bits per heavy atom. The van der Waals surface area contributed by atoms with Gasteiger partial charge in [0.15, 0.2) is 12.4 Å². The Balaban J connectivity index is 1.32. The molecule has 0 radical (unpaired) electrons. The molecule has 0 unspecified atom stereocenters. The number of nitrogens with zero attached hydrogens (tertiary/aromatic N) is 5. The van der Waals surface area contributed by atoms with E-state index in [2.05, 4.69) is 47.3 Å². The predicted molar refractivity (Wildman–Crippen MR) is 122 cm³/mol. The lowest BCUT2D eigenvalue weighted by Crippen LogP contribution is -2.15. The van der Waals surface area contributed by atoms with Gasteiger partial charge in [-0.05, 0) is 47.7 Å². The molecule has 2 aromatic carbocycles. The fraction of sp³-hybridized carbons (Fsp3) is 0.250. The summed E-state index contributed by atoms with van der Waals surface area (Å²) in [5.41, 5.74) is 3.84. The minimum absolute atomic E-state index is 0.206. The van der Waals surface area contributed by atoms with Gasteiger partial charge in [0.1, 0.15) is 12.1 Å². The van der Waals surface area contributed by atoms with Crippen molar-refractivity contribution in [3.8, 4) is 5.75 Å². The van der Waals surface area contributed by atoms with Gasteiger partial charge in [0, 0.05) is 6.20 Å². The maximum Gasteiger partial charge on any atom is 0.278 e. The number of aromatic nitrogens is 5. The highest BCUT2D eigenvalue weighted by Crippen LogP contribution is 2.18. The molecule has 32 heavy (non-hydrogen) atoms. The van der Waals surface area contributed by atoms with Crippen molar-refractivity contribution in [3.63, 3.8) is 0 Å². The molecule has 4 aromatic rings. The summed E-state index contributed by atoms with van der Waals surface area (Å²) in [6.45, 7) is 7.14. The van der Waals surface area contributed by atoms with E-state index in [0.29, 0.717) is 12.5 Å². The van der Waals surface area contributed by atoms with Crippen molar-refractivity contribution in [1.29, 1.82) is 0 Å². The van der Waals surface area contributed by atoms with E-state index >= 15 is 0 Å². The Labute approximate surface area is 186 Å². The van der Waals surface area contributed by atoms with Gasteiger partial charge in [-0.15, -0.1) is 5.10 Å². The van der Waals surface area contributed by atoms with Crippen LogP contribution in [0.4, 0.5) is 5.95 Å². The second kappa shape index (κ2) is 9.47. The van der Waals surface area contributed by atoms with Crippen LogP contribution in [0, 0.1) is 6.92 Å². The fourth-order valence-corrected chi connectivity index (χ4v) is 3.20. The Kier molecular flexibility index (Phi) is 6.30. The summed E-state index contributed by atoms with van der Waals surface area (Å²) in [6.07, 6.45) is 3.29. The molecule has 164 valence electrons. The summed E-state index contributed by atoms with van der Waals surface area (Å²) in [5, 5.41) is 11.3. The quantitative estimate of drug-likeness (QED) is 0.452. The van der Waals surface area contributed by atoms with Gasteiger partial charge in [0.25, 0.3) is 5.91 Å². The van der Waals surface area contributed by atoms with E-state index in [1.807, 2.05) is 42.5 Å². The number of rotatable bonds is 8. The summed E-state index contributed by atoms with van der Waals surface area (Å²) in [5.74, 6) is 1.08. The second-order valence-electron chi connectivity index (χ2n) is 7.88. The van der Waals surface area contributed by atoms with E-state index in [-0.39, 0.29) is 24.3 Å². The molecule has 0 atom stereocenters. The number of hydrogen-bond donors (Lipinski definition) is 1. The first-order valence-corrected chi connectivity index (χ1v) is 10.5. The number of carbonyl (C=O) groups excluding carboxylic acids is 1. The zero-order valence-electron chi connectivity index (χ0n) is 18.4. The summed E-state index contributed by atoms with van der Waals surface area (Å²) in [7, 11) is 0. The van der Waals surface area contributed by atoms with Crippen molar-refractivity contribution in [1.82, 2.24) is 24.5 Å². The van der Waals surface area contributed by atoms with Crippen LogP contribution in [0.2, 0.25) is 0 Å². The van der Waals surface area contributed by atoms with E-state index in [9.17, 15) is 4.79 Å². The summed E-state index contributed by atoms with van der Waals surface area (Å²) < 4.78 is 9.00. The molecule has 1 N–H and O–H groups in total. The Hall–Kier alpha value is -3.94. The average Bonchev–Trinajstić information content (AvgIpc) is 3.44. The molecule has 0 saturated heterocycles. The van der Waals surface area contributed by atoms with Crippen LogP contribution in [-0.2, 0) is 13.3 Å². The Bertz CT molecular complexity index is 1190. The molecule has 2 aromatic heterocycles. The van der Waals surface area contributed by atoms with E-state index in [0.717, 1.165) is 11.3 Å². The number of hydrogen-bond acceptors (Lipinski definition) is 5. The molecular formula is C24H26N6O2. The maximum absolute atomic E-state index is 12.5. The van der Waals surface area contributed by atoms with Crippen LogP contribution in [0.25, 0.3) is 0 Å². The van der Waals surface area contributed by atoms with Crippen molar-refractivity contribution >= 4 is 11.9 Å². The molecule has 0 aliphatic rings. The van der Waals surface area contributed by atoms with Gasteiger partial charge < -0.3 is 4.74 Å². The summed E-state index contributed by atoms with van der Waals surface area (Å²) in [4.78, 5) is 16.7. The largest absolute Gasteiger partial charge is 0.471 e. The number of nitrogens with one attached hydrogen (secondary N) is 1. The summed E-state index contributed by atoms with van der Waals surface area (Å²) >= 11 is 0. The standard InChI is InChI=1S/C24H26N6O2/c1-17(2)19-8-10-21(11-9-19)32-16-29-13-12-22(27-29)23(31)26-24-25-15-30(28-24)14-20-7-5-4-6-18(20)3/h4-13,15,17H,14,16H2,1-3H3,(H,26,28,31). The van der Waals surface area contributed by atoms with Crippen LogP contribution in [-0.4, -0.2) is 30.5 Å². The van der Waals surface area contributed by atoms with Crippen LogP contribution in [0.5, 0.6) is 5.75 Å². The van der Waals surface area contributed by atoms with Crippen molar-refractivity contribution in [2.24, 2.45) is 0 Å². The van der Waals surface area contributed by atoms with Gasteiger partial charge in [-0.3, -0.25) is 10.1 Å². The summed E-state index contributed by atoms with van der Waals surface area (Å²) in [6, 6.07) is 17.7. The fourth-order valence-electron chi connectivity index (χ4n) is 3.20. The van der Waals surface area contributed by atoms with Crippen LogP contribution in [0.1, 0.15) is 46.9 Å². The molecule has 0 saturated carbocycles. The molecule has 8 heteroatoms. The highest BCUT2D eigenvalue weighted by atomic mass is 16.5. The second-order valence-corrected chi connectivity index (χ2v) is 7.88. The lowest BCUT2D eigenvalue weighted by molar-refractivity contribution is 0.101. The van der Waals surface area contributed by atoms with Gasteiger partial charge in [-0.2, -0.15) is 5.10 Å². The molecule has 0 aliphatic carbocycles. The molecule has 0 aliphatic heterocycles. The Morgan fingerprint density at radius 3 is 2.56 bits per heavy atom. The number of benzene rings is 2. The molecule has 0 bridgehead atoms. The van der Waals surface area contributed by atoms with Gasteiger partial charge in [0.2, 0.25) is 5.95 Å². The van der Waals surface area contributed by atoms with E-state index in [4.69, 9.17) is 4.74 Å². The third-order valence-corrected chi connectivity index (χ3v) is 5.14. The molecule has 2 heterocycles. The van der Waals surface area contributed by atoms with Crippen molar-refractivity contribution in [2.45, 2.75) is 40.0 Å². The highest BCUT2D eigenvalue weighted by molar-refractivity contribution is 6.01. The minimum Gasteiger partial charge on any atom is -0.471 e. The van der Waals surface area contributed by atoms with Crippen molar-refractivity contribution in [3.05, 3.63) is 89.5 Å². The zero-order valence-corrected chi connectivity index (χ0v) is 18.4. The topological polar surface area (TPSA) is 86.9 Å². The van der Waals surface area contributed by atoms with E-state index < -0.39 is 0 Å². The van der Waals surface area contributed by atoms with Gasteiger partial charge in [0.05, 0.1) is 6.54 Å². The first kappa shape index (κ1) is 21.3. The predicted octanol–water partition coefficient (Wildman–Crippen LogP) is 4.24. The number of aryl methyl sites for hydroxylation is 1. The monoisotopic (exact) mass is 430 g/mol. The number of anilines is 1. The first-order valence-electron chi connectivity index (χ1n) is 10.5. The van der Waals surface area contributed by atoms with Gasteiger partial charge in [-0.25, -0.2) is 14.3 Å². The zero-order chi connectivity index (χ0) is 22.5. The highest BCUT2D eigenvalue weighted by Gasteiger charge is 2.13. The molecule has 0 fully saturated rings. The maximum atomic E-state index is 12.5. The van der Waals surface area contributed by atoms with Crippen LogP contribution in [0.3, 0.4) is 0 Å². The van der Waals surface area contributed by atoms with E-state index in [1.165, 1.54) is 11.1 Å². The number of carbonyl (C=O) groups is 1. The van der Waals surface area contributed by atoms with Gasteiger partial charge in [-0.1, -0.05) is 50.2 Å². The number of amides is 1. The normalized spacial score (nSPS) is 11.0. The van der Waals surface area contributed by atoms with Crippen LogP contribution >= 0.6 is 0 Å². The van der Waals surface area contributed by atoms with Crippen molar-refractivity contribution < 1.29 is 9.53 Å². The van der Waals surface area contributed by atoms with Gasteiger partial charge >= 0.3 is 0 Å². The third kappa shape index (κ3) is 5.21. The SMILES string of the molecule is Cc1ccccc1Cn1cnc(NC(=O)c2ccn(COc3ccc(C(C)C)cc3)n2)n1. The molecular weight excluding hydrogens is 404 g/mol. The van der Waals surface area contributed by atoms with Crippen molar-refractivity contribution in [2.75, 3.05) is 5.32 Å². The lowest BCUT2D eigenvalue weighted by Gasteiger charge is -2.09. The lowest BCUT2D eigenvalue weighted by atomic mass is 10.0. The molecule has 0 spiro atoms. The number of ether oxygens (including phenoxy) is 1. The van der Waals surface area contributed by atoms with E-state index in [1.54, 1.807) is 28.0 Å². The Morgan fingerprint density at radius 1 is 1.03 bits per heavy atom. The van der Waals surface area contributed by atoms with Crippen LogP contribution in [0.15, 0.2) is 67.1 Å². The smallest absolute Gasteiger partial charge is 0.278 e. The van der Waals surface area contributed by atoms with Crippen LogP contribution < -0.4 is 10.1 Å². The molecule has 1 amide bonds. The average molecular weight is 431 g/mol. The minimum atomic E-state index is -0.376. The molecule has 8 nitrogen and oxygen atoms in total. The molecule has 4 rings (SSSR count). The first-order chi connectivity index (χ1) is 15.5. The third-order valence-electron chi connectivity index (χ3n) is 5.14.